The summed E-state index contributed by atoms with van der Waals surface area (Å²) in [7, 11) is 0. The molecule has 0 saturated carbocycles. The van der Waals surface area contributed by atoms with Crippen molar-refractivity contribution in [3.63, 3.8) is 0 Å². The predicted molar refractivity (Wildman–Crippen MR) is 53.0 cm³/mol. The Bertz CT molecular complexity index is 308. The molecule has 1 aliphatic rings. The number of rotatable bonds is 2. The summed E-state index contributed by atoms with van der Waals surface area (Å²) in [5.74, 6) is 0. The number of benzene rings is 1. The molecule has 0 nitrogen and oxygen atoms in total. The first-order valence-corrected chi connectivity index (χ1v) is 4.69. The second kappa shape index (κ2) is 3.14. The van der Waals surface area contributed by atoms with Crippen molar-refractivity contribution in [2.45, 2.75) is 26.2 Å². The van der Waals surface area contributed by atoms with Crippen LogP contribution in [0.25, 0.3) is 5.57 Å². The van der Waals surface area contributed by atoms with Gasteiger partial charge in [0, 0.05) is 0 Å². The van der Waals surface area contributed by atoms with Crippen molar-refractivity contribution in [1.29, 1.82) is 0 Å². The second-order valence-corrected chi connectivity index (χ2v) is 3.34. The zero-order chi connectivity index (χ0) is 8.39. The minimum absolute atomic E-state index is 1.14. The number of hydrogen-bond donors (Lipinski definition) is 0. The van der Waals surface area contributed by atoms with Crippen LogP contribution in [0.4, 0.5) is 0 Å². The van der Waals surface area contributed by atoms with Gasteiger partial charge < -0.3 is 0 Å². The van der Waals surface area contributed by atoms with Crippen molar-refractivity contribution in [3.8, 4) is 0 Å². The van der Waals surface area contributed by atoms with Crippen molar-refractivity contribution in [1.82, 2.24) is 0 Å². The summed E-state index contributed by atoms with van der Waals surface area (Å²) < 4.78 is 0. The number of allylic oxidation sites excluding steroid dienone is 2. The van der Waals surface area contributed by atoms with E-state index >= 15 is 0 Å². The second-order valence-electron chi connectivity index (χ2n) is 3.34. The fourth-order valence-corrected chi connectivity index (χ4v) is 1.86. The summed E-state index contributed by atoms with van der Waals surface area (Å²) in [6, 6.07) is 8.73. The summed E-state index contributed by atoms with van der Waals surface area (Å²) in [5, 5.41) is 0. The molecule has 12 heavy (non-hydrogen) atoms. The molecule has 0 bridgehead atoms. The Hall–Kier alpha value is -1.04. The van der Waals surface area contributed by atoms with Gasteiger partial charge in [-0.2, -0.15) is 0 Å². The lowest BCUT2D eigenvalue weighted by molar-refractivity contribution is 0.975. The van der Waals surface area contributed by atoms with Crippen LogP contribution in [0.3, 0.4) is 0 Å². The lowest BCUT2D eigenvalue weighted by Gasteiger charge is -2.02. The SMILES string of the molecule is CCCC1=CCc2ccccc21. The van der Waals surface area contributed by atoms with Crippen LogP contribution in [0.1, 0.15) is 30.9 Å². The smallest absolute Gasteiger partial charge is 0.00854 e. The van der Waals surface area contributed by atoms with Gasteiger partial charge in [-0.25, -0.2) is 0 Å². The van der Waals surface area contributed by atoms with Gasteiger partial charge in [0.25, 0.3) is 0 Å². The Morgan fingerprint density at radius 3 is 2.92 bits per heavy atom. The zero-order valence-corrected chi connectivity index (χ0v) is 7.51. The quantitative estimate of drug-likeness (QED) is 0.618. The van der Waals surface area contributed by atoms with Gasteiger partial charge >= 0.3 is 0 Å². The van der Waals surface area contributed by atoms with Crippen LogP contribution in [0, 0.1) is 0 Å². The normalized spacial score (nSPS) is 14.2. The van der Waals surface area contributed by atoms with Crippen LogP contribution in [-0.4, -0.2) is 0 Å². The van der Waals surface area contributed by atoms with Crippen molar-refractivity contribution in [2.75, 3.05) is 0 Å². The van der Waals surface area contributed by atoms with Crippen LogP contribution >= 0.6 is 0 Å². The van der Waals surface area contributed by atoms with Gasteiger partial charge in [0.2, 0.25) is 0 Å². The Morgan fingerprint density at radius 2 is 2.08 bits per heavy atom. The van der Waals surface area contributed by atoms with Crippen LogP contribution < -0.4 is 0 Å². The zero-order valence-electron chi connectivity index (χ0n) is 7.51. The van der Waals surface area contributed by atoms with E-state index in [-0.39, 0.29) is 0 Å². The molecule has 0 heterocycles. The fourth-order valence-electron chi connectivity index (χ4n) is 1.86. The average Bonchev–Trinajstić information content (AvgIpc) is 2.50. The maximum absolute atomic E-state index is 2.37. The molecule has 1 aromatic rings. The first-order valence-electron chi connectivity index (χ1n) is 4.69. The molecule has 0 unspecified atom stereocenters. The number of fused-ring (bicyclic) bond motifs is 1. The molecule has 0 aliphatic heterocycles. The van der Waals surface area contributed by atoms with Gasteiger partial charge in [-0.15, -0.1) is 0 Å². The summed E-state index contributed by atoms with van der Waals surface area (Å²) in [6.45, 7) is 2.24. The van der Waals surface area contributed by atoms with Crippen molar-refractivity contribution < 1.29 is 0 Å². The topological polar surface area (TPSA) is 0 Å². The largest absolute Gasteiger partial charge is 0.0763 e. The van der Waals surface area contributed by atoms with Gasteiger partial charge in [0.05, 0.1) is 0 Å². The molecule has 1 aromatic carbocycles. The molecular formula is C12H14. The van der Waals surface area contributed by atoms with Crippen LogP contribution in [-0.2, 0) is 6.42 Å². The minimum Gasteiger partial charge on any atom is -0.0763 e. The Kier molecular flexibility index (Phi) is 1.99. The van der Waals surface area contributed by atoms with Gasteiger partial charge in [-0.3, -0.25) is 0 Å². The molecule has 2 rings (SSSR count). The van der Waals surface area contributed by atoms with Crippen molar-refractivity contribution >= 4 is 5.57 Å². The third-order valence-corrected chi connectivity index (χ3v) is 2.45. The maximum atomic E-state index is 2.37. The van der Waals surface area contributed by atoms with Crippen LogP contribution in [0.15, 0.2) is 30.3 Å². The Labute approximate surface area is 73.9 Å². The molecule has 0 fully saturated rings. The number of hydrogen-bond acceptors (Lipinski definition) is 0. The molecule has 0 radical (unpaired) electrons. The Balaban J connectivity index is 2.32. The van der Waals surface area contributed by atoms with E-state index in [4.69, 9.17) is 0 Å². The monoisotopic (exact) mass is 158 g/mol. The molecule has 0 aromatic heterocycles. The molecule has 0 N–H and O–H groups in total. The molecule has 1 aliphatic carbocycles. The lowest BCUT2D eigenvalue weighted by Crippen LogP contribution is -1.82. The van der Waals surface area contributed by atoms with E-state index in [1.807, 2.05) is 0 Å². The standard InChI is InChI=1S/C12H14/c1-2-5-10-8-9-11-6-3-4-7-12(10)11/h3-4,6-8H,2,5,9H2,1H3. The molecule has 0 heteroatoms. The molecule has 62 valence electrons. The molecule has 0 atom stereocenters. The van der Waals surface area contributed by atoms with E-state index in [1.165, 1.54) is 24.0 Å². The Morgan fingerprint density at radius 1 is 1.25 bits per heavy atom. The summed E-state index contributed by atoms with van der Waals surface area (Å²) in [5.41, 5.74) is 4.54. The predicted octanol–water partition coefficient (Wildman–Crippen LogP) is 3.43. The highest BCUT2D eigenvalue weighted by Gasteiger charge is 2.11. The van der Waals surface area contributed by atoms with Gasteiger partial charge in [-0.05, 0) is 29.5 Å². The third-order valence-electron chi connectivity index (χ3n) is 2.45. The minimum atomic E-state index is 1.14. The fraction of sp³-hybridized carbons (Fsp3) is 0.333. The van der Waals surface area contributed by atoms with Crippen molar-refractivity contribution in [2.24, 2.45) is 0 Å². The lowest BCUT2D eigenvalue weighted by atomic mass is 10.0. The van der Waals surface area contributed by atoms with Gasteiger partial charge in [-0.1, -0.05) is 43.7 Å². The van der Waals surface area contributed by atoms with Gasteiger partial charge in [0.15, 0.2) is 0 Å². The summed E-state index contributed by atoms with van der Waals surface area (Å²) >= 11 is 0. The highest BCUT2D eigenvalue weighted by atomic mass is 14.2. The maximum Gasteiger partial charge on any atom is -0.00854 e. The van der Waals surface area contributed by atoms with Gasteiger partial charge in [0.1, 0.15) is 0 Å². The molecule has 0 saturated heterocycles. The summed E-state index contributed by atoms with van der Waals surface area (Å²) in [6.07, 6.45) is 6.00. The van der Waals surface area contributed by atoms with E-state index in [0.717, 1.165) is 6.42 Å². The first kappa shape index (κ1) is 7.60. The van der Waals surface area contributed by atoms with E-state index in [9.17, 15) is 0 Å². The molecule has 0 spiro atoms. The molecular weight excluding hydrogens is 144 g/mol. The van der Waals surface area contributed by atoms with E-state index in [2.05, 4.69) is 37.3 Å². The summed E-state index contributed by atoms with van der Waals surface area (Å²) in [4.78, 5) is 0. The van der Waals surface area contributed by atoms with Crippen molar-refractivity contribution in [3.05, 3.63) is 41.5 Å². The van der Waals surface area contributed by atoms with E-state index in [1.54, 1.807) is 5.57 Å². The third kappa shape index (κ3) is 1.18. The average molecular weight is 158 g/mol. The van der Waals surface area contributed by atoms with E-state index < -0.39 is 0 Å². The molecule has 0 amide bonds. The van der Waals surface area contributed by atoms with E-state index in [0.29, 0.717) is 0 Å². The highest BCUT2D eigenvalue weighted by Crippen LogP contribution is 2.29. The van der Waals surface area contributed by atoms with Crippen LogP contribution in [0.2, 0.25) is 0 Å². The first-order chi connectivity index (χ1) is 5.92. The van der Waals surface area contributed by atoms with Crippen LogP contribution in [0.5, 0.6) is 0 Å². The highest BCUT2D eigenvalue weighted by molar-refractivity contribution is 5.72.